The maximum absolute atomic E-state index is 6.21. The third kappa shape index (κ3) is 3.16. The van der Waals surface area contributed by atoms with Gasteiger partial charge >= 0.3 is 0 Å². The summed E-state index contributed by atoms with van der Waals surface area (Å²) in [5.41, 5.74) is 6.95. The Hall–Kier alpha value is -0.0800. The molecule has 0 amide bonds. The van der Waals surface area contributed by atoms with Gasteiger partial charge in [-0.2, -0.15) is 0 Å². The highest BCUT2D eigenvalue weighted by Crippen LogP contribution is 2.45. The predicted octanol–water partition coefficient (Wildman–Crippen LogP) is 3.65. The second-order valence-electron chi connectivity index (χ2n) is 8.26. The molecule has 0 aliphatic heterocycles. The molecule has 0 saturated heterocycles. The summed E-state index contributed by atoms with van der Waals surface area (Å²) in [6.45, 7) is 10.4. The quantitative estimate of drug-likeness (QED) is 0.841. The molecule has 2 heteroatoms. The summed E-state index contributed by atoms with van der Waals surface area (Å²) in [6, 6.07) is 0.717. The summed E-state index contributed by atoms with van der Waals surface area (Å²) in [5.74, 6) is 1.81. The number of rotatable bonds is 4. The van der Waals surface area contributed by atoms with Crippen LogP contribution in [0.3, 0.4) is 0 Å². The van der Waals surface area contributed by atoms with Crippen molar-refractivity contribution in [2.45, 2.75) is 77.8 Å². The summed E-state index contributed by atoms with van der Waals surface area (Å²) in [7, 11) is 2.33. The number of nitrogens with zero attached hydrogens (tertiary/aromatic N) is 1. The zero-order chi connectivity index (χ0) is 14.3. The Morgan fingerprint density at radius 2 is 1.68 bits per heavy atom. The maximum atomic E-state index is 6.21. The molecular weight excluding hydrogens is 232 g/mol. The third-order valence-corrected chi connectivity index (χ3v) is 6.18. The molecule has 19 heavy (non-hydrogen) atoms. The lowest BCUT2D eigenvalue weighted by atomic mass is 9.66. The van der Waals surface area contributed by atoms with Crippen LogP contribution >= 0.6 is 0 Å². The third-order valence-electron chi connectivity index (χ3n) is 6.18. The molecule has 2 aliphatic rings. The van der Waals surface area contributed by atoms with E-state index in [0.29, 0.717) is 5.41 Å². The second kappa shape index (κ2) is 5.37. The molecule has 2 saturated carbocycles. The summed E-state index contributed by atoms with van der Waals surface area (Å²) in [4.78, 5) is 2.64. The Morgan fingerprint density at radius 3 is 2.05 bits per heavy atom. The highest BCUT2D eigenvalue weighted by Gasteiger charge is 2.44. The van der Waals surface area contributed by atoms with Gasteiger partial charge in [-0.3, -0.25) is 4.90 Å². The van der Waals surface area contributed by atoms with Crippen molar-refractivity contribution in [1.82, 2.24) is 4.90 Å². The van der Waals surface area contributed by atoms with Gasteiger partial charge in [-0.15, -0.1) is 0 Å². The van der Waals surface area contributed by atoms with Gasteiger partial charge in [0.05, 0.1) is 0 Å². The average molecular weight is 266 g/mol. The average Bonchev–Trinajstić information content (AvgIpc) is 3.20. The Bertz CT molecular complexity index is 293. The fraction of sp³-hybridized carbons (Fsp3) is 1.00. The Labute approximate surface area is 120 Å². The second-order valence-corrected chi connectivity index (χ2v) is 8.26. The minimum Gasteiger partial charge on any atom is -0.329 e. The van der Waals surface area contributed by atoms with Crippen molar-refractivity contribution in [1.29, 1.82) is 0 Å². The lowest BCUT2D eigenvalue weighted by Gasteiger charge is -2.50. The van der Waals surface area contributed by atoms with Gasteiger partial charge in [0.2, 0.25) is 0 Å². The van der Waals surface area contributed by atoms with E-state index in [4.69, 9.17) is 5.73 Å². The van der Waals surface area contributed by atoms with Gasteiger partial charge in [0.25, 0.3) is 0 Å². The molecule has 2 N–H and O–H groups in total. The van der Waals surface area contributed by atoms with Gasteiger partial charge in [0, 0.05) is 18.1 Å². The van der Waals surface area contributed by atoms with Crippen molar-refractivity contribution in [2.24, 2.45) is 23.0 Å². The van der Waals surface area contributed by atoms with Gasteiger partial charge in [0.1, 0.15) is 0 Å². The van der Waals surface area contributed by atoms with E-state index in [1.165, 1.54) is 38.5 Å². The van der Waals surface area contributed by atoms with Gasteiger partial charge in [-0.1, -0.05) is 20.8 Å². The SMILES string of the molecule is CC(C1CC1)N(C)C1(CN)CCC(C(C)(C)C)CC1. The van der Waals surface area contributed by atoms with Crippen molar-refractivity contribution < 1.29 is 0 Å². The fourth-order valence-corrected chi connectivity index (χ4v) is 4.05. The molecule has 0 heterocycles. The van der Waals surface area contributed by atoms with E-state index < -0.39 is 0 Å². The van der Waals surface area contributed by atoms with Gasteiger partial charge in [-0.05, 0) is 69.7 Å². The van der Waals surface area contributed by atoms with Gasteiger partial charge in [0.15, 0.2) is 0 Å². The molecule has 1 unspecified atom stereocenters. The number of hydrogen-bond acceptors (Lipinski definition) is 2. The minimum absolute atomic E-state index is 0.282. The van der Waals surface area contributed by atoms with E-state index in [0.717, 1.165) is 24.4 Å². The van der Waals surface area contributed by atoms with Crippen molar-refractivity contribution in [3.05, 3.63) is 0 Å². The molecule has 2 rings (SSSR count). The number of nitrogens with two attached hydrogens (primary N) is 1. The first-order valence-corrected chi connectivity index (χ1v) is 8.23. The van der Waals surface area contributed by atoms with E-state index in [1.54, 1.807) is 0 Å². The topological polar surface area (TPSA) is 29.3 Å². The summed E-state index contributed by atoms with van der Waals surface area (Å²) in [5, 5.41) is 0. The molecule has 0 radical (unpaired) electrons. The Morgan fingerprint density at radius 1 is 1.16 bits per heavy atom. The molecule has 1 atom stereocenters. The van der Waals surface area contributed by atoms with Crippen LogP contribution in [0.25, 0.3) is 0 Å². The summed E-state index contributed by atoms with van der Waals surface area (Å²) >= 11 is 0. The fourth-order valence-electron chi connectivity index (χ4n) is 4.05. The van der Waals surface area contributed by atoms with E-state index in [-0.39, 0.29) is 5.54 Å². The molecule has 112 valence electrons. The van der Waals surface area contributed by atoms with Crippen LogP contribution in [0.5, 0.6) is 0 Å². The first kappa shape index (κ1) is 15.3. The van der Waals surface area contributed by atoms with Crippen molar-refractivity contribution >= 4 is 0 Å². The molecule has 0 aromatic rings. The van der Waals surface area contributed by atoms with E-state index in [9.17, 15) is 0 Å². The van der Waals surface area contributed by atoms with Crippen molar-refractivity contribution in [3.8, 4) is 0 Å². The van der Waals surface area contributed by atoms with Crippen LogP contribution in [-0.2, 0) is 0 Å². The molecule has 0 aromatic heterocycles. The zero-order valence-electron chi connectivity index (χ0n) is 13.7. The van der Waals surface area contributed by atoms with Crippen LogP contribution in [0.2, 0.25) is 0 Å². The van der Waals surface area contributed by atoms with Gasteiger partial charge in [-0.25, -0.2) is 0 Å². The maximum Gasteiger partial charge on any atom is 0.0331 e. The highest BCUT2D eigenvalue weighted by molar-refractivity contribution is 5.00. The lowest BCUT2D eigenvalue weighted by molar-refractivity contribution is 0.0104. The molecule has 2 aliphatic carbocycles. The largest absolute Gasteiger partial charge is 0.329 e. The van der Waals surface area contributed by atoms with Crippen LogP contribution in [0, 0.1) is 17.3 Å². The van der Waals surface area contributed by atoms with Crippen molar-refractivity contribution in [3.63, 3.8) is 0 Å². The monoisotopic (exact) mass is 266 g/mol. The standard InChI is InChI=1S/C17H34N2/c1-13(14-6-7-14)19(5)17(12-18)10-8-15(9-11-17)16(2,3)4/h13-15H,6-12,18H2,1-5H3. The summed E-state index contributed by atoms with van der Waals surface area (Å²) < 4.78 is 0. The number of hydrogen-bond donors (Lipinski definition) is 1. The molecule has 2 nitrogen and oxygen atoms in total. The summed E-state index contributed by atoms with van der Waals surface area (Å²) in [6.07, 6.45) is 8.14. The van der Waals surface area contributed by atoms with Crippen molar-refractivity contribution in [2.75, 3.05) is 13.6 Å². The highest BCUT2D eigenvalue weighted by atomic mass is 15.2. The predicted molar refractivity (Wildman–Crippen MR) is 83.1 cm³/mol. The lowest BCUT2D eigenvalue weighted by Crippen LogP contribution is -2.58. The molecular formula is C17H34N2. The smallest absolute Gasteiger partial charge is 0.0331 e. The molecule has 0 bridgehead atoms. The van der Waals surface area contributed by atoms with Crippen LogP contribution < -0.4 is 5.73 Å². The molecule has 2 fully saturated rings. The zero-order valence-corrected chi connectivity index (χ0v) is 13.7. The number of likely N-dealkylation sites (N-methyl/N-ethyl adjacent to an activating group) is 1. The van der Waals surface area contributed by atoms with Crippen LogP contribution in [0.15, 0.2) is 0 Å². The van der Waals surface area contributed by atoms with E-state index in [1.807, 2.05) is 0 Å². The molecule has 0 spiro atoms. The van der Waals surface area contributed by atoms with Crippen LogP contribution in [-0.4, -0.2) is 30.1 Å². The normalized spacial score (nSPS) is 34.6. The first-order valence-electron chi connectivity index (χ1n) is 8.23. The minimum atomic E-state index is 0.282. The van der Waals surface area contributed by atoms with Crippen LogP contribution in [0.1, 0.15) is 66.2 Å². The van der Waals surface area contributed by atoms with Gasteiger partial charge < -0.3 is 5.73 Å². The van der Waals surface area contributed by atoms with Crippen LogP contribution in [0.4, 0.5) is 0 Å². The molecule has 0 aromatic carbocycles. The van der Waals surface area contributed by atoms with E-state index >= 15 is 0 Å². The first-order chi connectivity index (χ1) is 8.80. The Kier molecular flexibility index (Phi) is 4.32. The Balaban J connectivity index is 2.00. The van der Waals surface area contributed by atoms with E-state index in [2.05, 4.69) is 39.6 Å².